The summed E-state index contributed by atoms with van der Waals surface area (Å²) in [5.74, 6) is 0.388. The molecule has 1 aliphatic heterocycles. The highest BCUT2D eigenvalue weighted by Gasteiger charge is 2.26. The Hall–Kier alpha value is -1.73. The Bertz CT molecular complexity index is 529. The average Bonchev–Trinajstić information content (AvgIpc) is 2.44. The number of amides is 1. The first kappa shape index (κ1) is 14.7. The van der Waals surface area contributed by atoms with Crippen molar-refractivity contribution in [3.8, 4) is 0 Å². The fourth-order valence-electron chi connectivity index (χ4n) is 2.08. The van der Waals surface area contributed by atoms with Crippen LogP contribution >= 0.6 is 0 Å². The molecule has 1 amide bonds. The molecule has 1 fully saturated rings. The fourth-order valence-corrected chi connectivity index (χ4v) is 2.08. The van der Waals surface area contributed by atoms with Gasteiger partial charge in [0.2, 0.25) is 5.91 Å². The number of carbonyl (C=O) groups is 1. The summed E-state index contributed by atoms with van der Waals surface area (Å²) in [6, 6.07) is 1.42. The molecule has 1 aromatic heterocycles. The third-order valence-electron chi connectivity index (χ3n) is 3.04. The van der Waals surface area contributed by atoms with E-state index in [1.54, 1.807) is 11.8 Å². The number of nitrogens with one attached hydrogen (secondary N) is 1. The molecule has 1 atom stereocenters. The average molecular weight is 281 g/mol. The van der Waals surface area contributed by atoms with Crippen LogP contribution in [-0.2, 0) is 14.3 Å². The number of ether oxygens (including phenoxy) is 2. The zero-order valence-electron chi connectivity index (χ0n) is 11.7. The van der Waals surface area contributed by atoms with Crippen molar-refractivity contribution in [2.24, 2.45) is 0 Å². The van der Waals surface area contributed by atoms with Gasteiger partial charge in [-0.05, 0) is 13.8 Å². The van der Waals surface area contributed by atoms with Crippen LogP contribution in [0, 0.1) is 6.92 Å². The van der Waals surface area contributed by atoms with Crippen molar-refractivity contribution in [1.82, 2.24) is 14.9 Å². The van der Waals surface area contributed by atoms with Crippen LogP contribution in [0.2, 0.25) is 0 Å². The number of hydrogen-bond donors (Lipinski definition) is 1. The minimum Gasteiger partial charge on any atom is -0.372 e. The molecule has 7 nitrogen and oxygen atoms in total. The zero-order valence-corrected chi connectivity index (χ0v) is 11.7. The number of morpholine rings is 1. The Kier molecular flexibility index (Phi) is 4.86. The maximum atomic E-state index is 11.9. The second-order valence-electron chi connectivity index (χ2n) is 4.61. The summed E-state index contributed by atoms with van der Waals surface area (Å²) in [4.78, 5) is 32.0. The second kappa shape index (κ2) is 6.62. The molecule has 2 heterocycles. The van der Waals surface area contributed by atoms with Crippen LogP contribution in [0.1, 0.15) is 24.5 Å². The van der Waals surface area contributed by atoms with Crippen molar-refractivity contribution in [3.05, 3.63) is 27.9 Å². The number of H-pyrrole nitrogens is 1. The summed E-state index contributed by atoms with van der Waals surface area (Å²) in [7, 11) is 0. The van der Waals surface area contributed by atoms with Crippen LogP contribution in [0.3, 0.4) is 0 Å². The second-order valence-corrected chi connectivity index (χ2v) is 4.61. The lowest BCUT2D eigenvalue weighted by Gasteiger charge is -2.32. The number of nitrogens with zero attached hydrogens (tertiary/aromatic N) is 2. The van der Waals surface area contributed by atoms with Gasteiger partial charge in [0.25, 0.3) is 5.56 Å². The summed E-state index contributed by atoms with van der Waals surface area (Å²) in [5.41, 5.74) is 0.416. The maximum absolute atomic E-state index is 11.9. The molecule has 0 aromatic carbocycles. The molecule has 20 heavy (non-hydrogen) atoms. The minimum atomic E-state index is -0.401. The lowest BCUT2D eigenvalue weighted by Crippen LogP contribution is -2.44. The van der Waals surface area contributed by atoms with E-state index in [2.05, 4.69) is 9.97 Å². The molecule has 1 unspecified atom stereocenters. The molecule has 7 heteroatoms. The van der Waals surface area contributed by atoms with Crippen molar-refractivity contribution in [3.63, 3.8) is 0 Å². The quantitative estimate of drug-likeness (QED) is 0.840. The van der Waals surface area contributed by atoms with E-state index in [0.717, 1.165) is 0 Å². The van der Waals surface area contributed by atoms with Crippen LogP contribution in [0.5, 0.6) is 0 Å². The van der Waals surface area contributed by atoms with Gasteiger partial charge in [-0.1, -0.05) is 0 Å². The van der Waals surface area contributed by atoms with Gasteiger partial charge < -0.3 is 19.4 Å². The molecule has 1 N–H and O–H groups in total. The first-order valence-corrected chi connectivity index (χ1v) is 6.65. The van der Waals surface area contributed by atoms with Gasteiger partial charge in [-0.25, -0.2) is 4.98 Å². The molecule has 0 radical (unpaired) electrons. The molecular formula is C13H19N3O4. The molecule has 110 valence electrons. The van der Waals surface area contributed by atoms with Crippen molar-refractivity contribution in [2.75, 3.05) is 32.9 Å². The first-order valence-electron chi connectivity index (χ1n) is 6.65. The zero-order chi connectivity index (χ0) is 14.5. The van der Waals surface area contributed by atoms with Gasteiger partial charge in [-0.2, -0.15) is 0 Å². The van der Waals surface area contributed by atoms with E-state index in [0.29, 0.717) is 37.8 Å². The summed E-state index contributed by atoms with van der Waals surface area (Å²) in [5, 5.41) is 0. The van der Waals surface area contributed by atoms with Crippen molar-refractivity contribution in [1.29, 1.82) is 0 Å². The van der Waals surface area contributed by atoms with Gasteiger partial charge in [0, 0.05) is 24.9 Å². The van der Waals surface area contributed by atoms with Crippen molar-refractivity contribution >= 4 is 5.91 Å². The van der Waals surface area contributed by atoms with Gasteiger partial charge in [-0.3, -0.25) is 9.59 Å². The fraction of sp³-hybridized carbons (Fsp3) is 0.615. The van der Waals surface area contributed by atoms with Crippen molar-refractivity contribution < 1.29 is 14.3 Å². The van der Waals surface area contributed by atoms with E-state index in [9.17, 15) is 9.59 Å². The van der Waals surface area contributed by atoms with Gasteiger partial charge in [0.15, 0.2) is 0 Å². The molecular weight excluding hydrogens is 262 g/mol. The Labute approximate surface area is 116 Å². The van der Waals surface area contributed by atoms with Gasteiger partial charge in [-0.15, -0.1) is 0 Å². The highest BCUT2D eigenvalue weighted by atomic mass is 16.5. The molecule has 0 spiro atoms. The Balaban J connectivity index is 2.06. The van der Waals surface area contributed by atoms with Crippen LogP contribution in [0.4, 0.5) is 0 Å². The highest BCUT2D eigenvalue weighted by Crippen LogP contribution is 2.18. The third-order valence-corrected chi connectivity index (χ3v) is 3.04. The van der Waals surface area contributed by atoms with Crippen LogP contribution in [0.25, 0.3) is 0 Å². The molecule has 1 aromatic rings. The first-order chi connectivity index (χ1) is 9.60. The molecule has 1 aliphatic rings. The SMILES string of the molecule is CCOCC(=O)N1CCOC(c2nc(C)cc(=O)[nH]2)C1. The standard InChI is InChI=1S/C13H19N3O4/c1-3-19-8-12(18)16-4-5-20-10(7-16)13-14-9(2)6-11(17)15-13/h6,10H,3-5,7-8H2,1-2H3,(H,14,15,17). The third kappa shape index (κ3) is 3.64. The normalized spacial score (nSPS) is 19.1. The smallest absolute Gasteiger partial charge is 0.251 e. The van der Waals surface area contributed by atoms with Gasteiger partial charge in [0.1, 0.15) is 18.5 Å². The highest BCUT2D eigenvalue weighted by molar-refractivity contribution is 5.77. The van der Waals surface area contributed by atoms with E-state index >= 15 is 0 Å². The van der Waals surface area contributed by atoms with E-state index in [1.807, 2.05) is 6.92 Å². The van der Waals surface area contributed by atoms with Gasteiger partial charge >= 0.3 is 0 Å². The molecule has 0 aliphatic carbocycles. The van der Waals surface area contributed by atoms with Crippen LogP contribution < -0.4 is 5.56 Å². The minimum absolute atomic E-state index is 0.0704. The van der Waals surface area contributed by atoms with E-state index < -0.39 is 6.10 Å². The predicted octanol–water partition coefficient (Wildman–Crippen LogP) is 0.0147. The lowest BCUT2D eigenvalue weighted by atomic mass is 10.2. The number of aryl methyl sites for hydroxylation is 1. The summed E-state index contributed by atoms with van der Waals surface area (Å²) in [6.07, 6.45) is -0.401. The van der Waals surface area contributed by atoms with E-state index in [1.165, 1.54) is 6.07 Å². The Morgan fingerprint density at radius 1 is 1.65 bits per heavy atom. The Morgan fingerprint density at radius 2 is 2.45 bits per heavy atom. The van der Waals surface area contributed by atoms with E-state index in [-0.39, 0.29) is 18.1 Å². The number of carbonyl (C=O) groups excluding carboxylic acids is 1. The van der Waals surface area contributed by atoms with Crippen molar-refractivity contribution in [2.45, 2.75) is 20.0 Å². The Morgan fingerprint density at radius 3 is 3.15 bits per heavy atom. The summed E-state index contributed by atoms with van der Waals surface area (Å²) < 4.78 is 10.7. The number of aromatic nitrogens is 2. The maximum Gasteiger partial charge on any atom is 0.251 e. The number of aromatic amines is 1. The molecule has 1 saturated heterocycles. The lowest BCUT2D eigenvalue weighted by molar-refractivity contribution is -0.144. The van der Waals surface area contributed by atoms with Gasteiger partial charge in [0.05, 0.1) is 13.2 Å². The largest absolute Gasteiger partial charge is 0.372 e. The molecule has 2 rings (SSSR count). The van der Waals surface area contributed by atoms with Crippen LogP contribution in [0.15, 0.2) is 10.9 Å². The van der Waals surface area contributed by atoms with Crippen LogP contribution in [-0.4, -0.2) is 53.7 Å². The number of hydrogen-bond acceptors (Lipinski definition) is 5. The van der Waals surface area contributed by atoms with E-state index in [4.69, 9.17) is 9.47 Å². The molecule has 0 bridgehead atoms. The molecule has 0 saturated carbocycles. The predicted molar refractivity (Wildman–Crippen MR) is 71.4 cm³/mol. The monoisotopic (exact) mass is 281 g/mol. The summed E-state index contributed by atoms with van der Waals surface area (Å²) in [6.45, 7) is 5.49. The summed E-state index contributed by atoms with van der Waals surface area (Å²) >= 11 is 0. The topological polar surface area (TPSA) is 84.5 Å². The number of rotatable bonds is 4.